The minimum atomic E-state index is 0.513. The van der Waals surface area contributed by atoms with Gasteiger partial charge in [0, 0.05) is 5.02 Å². The summed E-state index contributed by atoms with van der Waals surface area (Å²) >= 11 is 6.21. The third-order valence-corrected chi connectivity index (χ3v) is 4.09. The maximum Gasteiger partial charge on any atom is 0.0438 e. The van der Waals surface area contributed by atoms with Crippen molar-refractivity contribution in [1.29, 1.82) is 0 Å². The first-order chi connectivity index (χ1) is 9.79. The summed E-state index contributed by atoms with van der Waals surface area (Å²) in [4.78, 5) is 0. The van der Waals surface area contributed by atoms with Gasteiger partial charge in [-0.2, -0.15) is 0 Å². The van der Waals surface area contributed by atoms with Gasteiger partial charge in [0.1, 0.15) is 0 Å². The van der Waals surface area contributed by atoms with Crippen LogP contribution in [-0.4, -0.2) is 6.54 Å². The number of rotatable bonds is 7. The van der Waals surface area contributed by atoms with Crippen molar-refractivity contribution in [3.63, 3.8) is 0 Å². The Hall–Kier alpha value is -1.31. The van der Waals surface area contributed by atoms with Gasteiger partial charge in [-0.25, -0.2) is 0 Å². The van der Waals surface area contributed by atoms with Crippen molar-refractivity contribution in [2.45, 2.75) is 25.7 Å². The van der Waals surface area contributed by atoms with Crippen LogP contribution >= 0.6 is 11.6 Å². The van der Waals surface area contributed by atoms with Crippen molar-refractivity contribution in [3.8, 4) is 0 Å². The molecule has 2 aromatic rings. The van der Waals surface area contributed by atoms with E-state index in [-0.39, 0.29) is 0 Å². The van der Waals surface area contributed by atoms with Crippen LogP contribution in [0.4, 0.5) is 0 Å². The number of benzene rings is 2. The zero-order chi connectivity index (χ0) is 14.2. The fraction of sp³-hybridized carbons (Fsp3) is 0.333. The summed E-state index contributed by atoms with van der Waals surface area (Å²) in [5.74, 6) is 0.513. The van der Waals surface area contributed by atoms with Crippen molar-refractivity contribution in [2.75, 3.05) is 6.54 Å². The van der Waals surface area contributed by atoms with Crippen molar-refractivity contribution >= 4 is 11.6 Å². The summed E-state index contributed by atoms with van der Waals surface area (Å²) in [5.41, 5.74) is 8.52. The zero-order valence-corrected chi connectivity index (χ0v) is 12.5. The quantitative estimate of drug-likeness (QED) is 0.798. The van der Waals surface area contributed by atoms with Crippen molar-refractivity contribution in [1.82, 2.24) is 0 Å². The summed E-state index contributed by atoms with van der Waals surface area (Å²) in [6.45, 7) is 0.722. The second-order valence-corrected chi connectivity index (χ2v) is 5.68. The van der Waals surface area contributed by atoms with Crippen LogP contribution in [0.3, 0.4) is 0 Å². The standard InChI is InChI=1S/C18H22ClN/c19-18-12-5-4-11-17(18)13-16(14-20)10-6-9-15-7-2-1-3-8-15/h1-5,7-8,11-12,16H,6,9-10,13-14,20H2. The molecule has 0 heterocycles. The monoisotopic (exact) mass is 287 g/mol. The Labute approximate surface area is 126 Å². The summed E-state index contributed by atoms with van der Waals surface area (Å²) in [5, 5.41) is 0.856. The van der Waals surface area contributed by atoms with Crippen LogP contribution in [-0.2, 0) is 12.8 Å². The molecule has 2 aromatic carbocycles. The van der Waals surface area contributed by atoms with Crippen molar-refractivity contribution in [3.05, 3.63) is 70.7 Å². The SMILES string of the molecule is NCC(CCCc1ccccc1)Cc1ccccc1Cl. The van der Waals surface area contributed by atoms with E-state index in [0.29, 0.717) is 5.92 Å². The van der Waals surface area contributed by atoms with E-state index in [1.807, 2.05) is 18.2 Å². The number of aryl methyl sites for hydroxylation is 1. The molecule has 2 heteroatoms. The second kappa shape index (κ2) is 8.08. The van der Waals surface area contributed by atoms with E-state index < -0.39 is 0 Å². The van der Waals surface area contributed by atoms with Crippen LogP contribution < -0.4 is 5.73 Å². The number of hydrogen-bond acceptors (Lipinski definition) is 1. The van der Waals surface area contributed by atoms with E-state index >= 15 is 0 Å². The van der Waals surface area contributed by atoms with Gasteiger partial charge in [-0.15, -0.1) is 0 Å². The third-order valence-electron chi connectivity index (χ3n) is 3.72. The molecule has 0 fully saturated rings. The lowest BCUT2D eigenvalue weighted by Gasteiger charge is -2.15. The van der Waals surface area contributed by atoms with E-state index in [0.717, 1.165) is 30.8 Å². The number of nitrogens with two attached hydrogens (primary N) is 1. The molecule has 0 spiro atoms. The summed E-state index contributed by atoms with van der Waals surface area (Å²) in [6, 6.07) is 18.7. The molecule has 0 saturated carbocycles. The van der Waals surface area contributed by atoms with E-state index in [9.17, 15) is 0 Å². The maximum atomic E-state index is 6.21. The summed E-state index contributed by atoms with van der Waals surface area (Å²) in [7, 11) is 0. The highest BCUT2D eigenvalue weighted by Gasteiger charge is 2.10. The highest BCUT2D eigenvalue weighted by molar-refractivity contribution is 6.31. The smallest absolute Gasteiger partial charge is 0.0438 e. The molecule has 0 aliphatic carbocycles. The molecule has 2 rings (SSSR count). The van der Waals surface area contributed by atoms with Crippen LogP contribution in [0.1, 0.15) is 24.0 Å². The highest BCUT2D eigenvalue weighted by atomic mass is 35.5. The van der Waals surface area contributed by atoms with E-state index in [4.69, 9.17) is 17.3 Å². The first-order valence-electron chi connectivity index (χ1n) is 7.27. The third kappa shape index (κ3) is 4.66. The molecule has 0 amide bonds. The molecule has 1 nitrogen and oxygen atoms in total. The molecule has 1 unspecified atom stereocenters. The molecule has 0 bridgehead atoms. The topological polar surface area (TPSA) is 26.0 Å². The Kier molecular flexibility index (Phi) is 6.10. The lowest BCUT2D eigenvalue weighted by molar-refractivity contribution is 0.476. The Balaban J connectivity index is 1.82. The van der Waals surface area contributed by atoms with Gasteiger partial charge in [-0.1, -0.05) is 60.1 Å². The van der Waals surface area contributed by atoms with Crippen LogP contribution in [0.15, 0.2) is 54.6 Å². The lowest BCUT2D eigenvalue weighted by Crippen LogP contribution is -2.17. The van der Waals surface area contributed by atoms with Gasteiger partial charge in [0.15, 0.2) is 0 Å². The van der Waals surface area contributed by atoms with Gasteiger partial charge in [0.2, 0.25) is 0 Å². The average Bonchev–Trinajstić information content (AvgIpc) is 2.49. The number of hydrogen-bond donors (Lipinski definition) is 1. The van der Waals surface area contributed by atoms with Crippen molar-refractivity contribution in [2.24, 2.45) is 11.7 Å². The van der Waals surface area contributed by atoms with Crippen LogP contribution in [0.5, 0.6) is 0 Å². The Bertz CT molecular complexity index is 510. The lowest BCUT2D eigenvalue weighted by atomic mass is 9.93. The second-order valence-electron chi connectivity index (χ2n) is 5.28. The average molecular weight is 288 g/mol. The molecule has 0 aliphatic heterocycles. The Morgan fingerprint density at radius 3 is 2.35 bits per heavy atom. The van der Waals surface area contributed by atoms with Crippen LogP contribution in [0, 0.1) is 5.92 Å². The van der Waals surface area contributed by atoms with E-state index in [1.165, 1.54) is 17.5 Å². The minimum absolute atomic E-state index is 0.513. The first kappa shape index (κ1) is 15.1. The molecule has 1 atom stereocenters. The van der Waals surface area contributed by atoms with Gasteiger partial charge < -0.3 is 5.73 Å². The molecule has 2 N–H and O–H groups in total. The minimum Gasteiger partial charge on any atom is -0.330 e. The predicted octanol–water partition coefficient (Wildman–Crippen LogP) is 4.48. The predicted molar refractivity (Wildman–Crippen MR) is 87.1 cm³/mol. The molecular formula is C18H22ClN. The van der Waals surface area contributed by atoms with Gasteiger partial charge >= 0.3 is 0 Å². The van der Waals surface area contributed by atoms with Gasteiger partial charge in [-0.3, -0.25) is 0 Å². The Morgan fingerprint density at radius 1 is 0.950 bits per heavy atom. The van der Waals surface area contributed by atoms with Gasteiger partial charge in [0.25, 0.3) is 0 Å². The van der Waals surface area contributed by atoms with Gasteiger partial charge in [0.05, 0.1) is 0 Å². The summed E-state index contributed by atoms with van der Waals surface area (Å²) in [6.07, 6.45) is 4.43. The first-order valence-corrected chi connectivity index (χ1v) is 7.65. The normalized spacial score (nSPS) is 12.3. The fourth-order valence-electron chi connectivity index (χ4n) is 2.52. The van der Waals surface area contributed by atoms with Crippen LogP contribution in [0.25, 0.3) is 0 Å². The highest BCUT2D eigenvalue weighted by Crippen LogP contribution is 2.21. The molecule has 20 heavy (non-hydrogen) atoms. The maximum absolute atomic E-state index is 6.21. The Morgan fingerprint density at radius 2 is 1.65 bits per heavy atom. The largest absolute Gasteiger partial charge is 0.330 e. The van der Waals surface area contributed by atoms with Gasteiger partial charge in [-0.05, 0) is 55.3 Å². The van der Waals surface area contributed by atoms with E-state index in [2.05, 4.69) is 36.4 Å². The van der Waals surface area contributed by atoms with Crippen LogP contribution in [0.2, 0.25) is 5.02 Å². The molecule has 0 saturated heterocycles. The van der Waals surface area contributed by atoms with Crippen molar-refractivity contribution < 1.29 is 0 Å². The molecule has 0 radical (unpaired) electrons. The summed E-state index contributed by atoms with van der Waals surface area (Å²) < 4.78 is 0. The molecule has 106 valence electrons. The van der Waals surface area contributed by atoms with E-state index in [1.54, 1.807) is 0 Å². The molecular weight excluding hydrogens is 266 g/mol. The molecule has 0 aromatic heterocycles. The zero-order valence-electron chi connectivity index (χ0n) is 11.8. The fourth-order valence-corrected chi connectivity index (χ4v) is 2.73. The number of halogens is 1. The molecule has 0 aliphatic rings.